The molecule has 0 heterocycles. The first kappa shape index (κ1) is 32.3. The van der Waals surface area contributed by atoms with Crippen molar-refractivity contribution in [1.29, 1.82) is 0 Å². The van der Waals surface area contributed by atoms with Gasteiger partial charge in [0.1, 0.15) is 11.9 Å². The first-order chi connectivity index (χ1) is 21.7. The molecule has 0 aliphatic heterocycles. The zero-order valence-electron chi connectivity index (χ0n) is 24.7. The van der Waals surface area contributed by atoms with Gasteiger partial charge in [-0.15, -0.1) is 0 Å². The Morgan fingerprint density at radius 2 is 1.44 bits per heavy atom. The van der Waals surface area contributed by atoms with E-state index in [1.54, 1.807) is 53.4 Å². The highest BCUT2D eigenvalue weighted by molar-refractivity contribution is 7.89. The molecule has 2 N–H and O–H groups in total. The van der Waals surface area contributed by atoms with Gasteiger partial charge in [0.05, 0.1) is 4.90 Å². The van der Waals surface area contributed by atoms with E-state index in [0.717, 1.165) is 29.5 Å². The Morgan fingerprint density at radius 1 is 0.822 bits per heavy atom. The van der Waals surface area contributed by atoms with Crippen LogP contribution in [0.25, 0.3) is 0 Å². The number of carbonyl (C=O) groups excluding carboxylic acids is 2. The Labute approximate surface area is 268 Å². The highest BCUT2D eigenvalue weighted by atomic mass is 35.5. The maximum absolute atomic E-state index is 13.9. The Kier molecular flexibility index (Phi) is 10.7. The second kappa shape index (κ2) is 14.8. The van der Waals surface area contributed by atoms with Crippen molar-refractivity contribution in [1.82, 2.24) is 14.9 Å². The summed E-state index contributed by atoms with van der Waals surface area (Å²) < 4.78 is 41.5. The first-order valence-electron chi connectivity index (χ1n) is 14.9. The largest absolute Gasteiger partial charge is 0.350 e. The van der Waals surface area contributed by atoms with Crippen molar-refractivity contribution in [2.75, 3.05) is 0 Å². The van der Waals surface area contributed by atoms with Crippen molar-refractivity contribution < 1.29 is 22.4 Å². The van der Waals surface area contributed by atoms with Crippen molar-refractivity contribution in [3.05, 3.63) is 136 Å². The quantitative estimate of drug-likeness (QED) is 0.181. The molecule has 1 aliphatic rings. The van der Waals surface area contributed by atoms with Crippen LogP contribution >= 0.6 is 11.6 Å². The molecule has 0 aromatic heterocycles. The first-order valence-corrected chi connectivity index (χ1v) is 16.7. The van der Waals surface area contributed by atoms with E-state index < -0.39 is 21.9 Å². The number of nitrogens with one attached hydrogen (secondary N) is 2. The molecule has 2 amide bonds. The highest BCUT2D eigenvalue weighted by Gasteiger charge is 2.31. The summed E-state index contributed by atoms with van der Waals surface area (Å²) >= 11 is 6.02. The van der Waals surface area contributed by atoms with Gasteiger partial charge in [-0.1, -0.05) is 78.3 Å². The van der Waals surface area contributed by atoms with Gasteiger partial charge in [-0.3, -0.25) is 9.59 Å². The van der Waals surface area contributed by atoms with Gasteiger partial charge in [-0.2, -0.15) is 0 Å². The second-order valence-corrected chi connectivity index (χ2v) is 13.4. The molecule has 1 fully saturated rings. The molecule has 4 aromatic rings. The van der Waals surface area contributed by atoms with E-state index in [4.69, 9.17) is 11.6 Å². The fourth-order valence-electron chi connectivity index (χ4n) is 4.97. The van der Waals surface area contributed by atoms with E-state index in [1.807, 2.05) is 42.5 Å². The number of rotatable bonds is 14. The van der Waals surface area contributed by atoms with Crippen LogP contribution in [0.4, 0.5) is 4.39 Å². The minimum absolute atomic E-state index is 0.00612. The summed E-state index contributed by atoms with van der Waals surface area (Å²) in [4.78, 5) is 29.5. The van der Waals surface area contributed by atoms with Crippen LogP contribution < -0.4 is 10.0 Å². The van der Waals surface area contributed by atoms with Crippen molar-refractivity contribution in [3.8, 4) is 0 Å². The molecule has 4 aromatic carbocycles. The zero-order valence-corrected chi connectivity index (χ0v) is 26.2. The Balaban J connectivity index is 1.36. The van der Waals surface area contributed by atoms with Crippen molar-refractivity contribution in [2.45, 2.75) is 62.2 Å². The van der Waals surface area contributed by atoms with Crippen LogP contribution in [-0.4, -0.2) is 37.2 Å². The summed E-state index contributed by atoms with van der Waals surface area (Å²) in [5.74, 6) is -0.966. The van der Waals surface area contributed by atoms with Gasteiger partial charge in [0.15, 0.2) is 0 Å². The second-order valence-electron chi connectivity index (χ2n) is 11.2. The third-order valence-corrected chi connectivity index (χ3v) is 9.47. The topological polar surface area (TPSA) is 95.6 Å². The summed E-state index contributed by atoms with van der Waals surface area (Å²) in [6.07, 6.45) is 2.40. The summed E-state index contributed by atoms with van der Waals surface area (Å²) in [6, 6.07) is 28.2. The SMILES string of the molecule is O=C(NCc1ccc(Cl)cc1)[C@@H](Cc1ccccc1)N(Cc1ccc(F)cc1)C(=O)CCc1ccc(S(=O)(=O)NC2CC2)cc1. The highest BCUT2D eigenvalue weighted by Crippen LogP contribution is 2.23. The Morgan fingerprint density at radius 3 is 2.09 bits per heavy atom. The average Bonchev–Trinajstić information content (AvgIpc) is 3.86. The van der Waals surface area contributed by atoms with E-state index in [9.17, 15) is 22.4 Å². The molecule has 10 heteroatoms. The molecule has 0 unspecified atom stereocenters. The molecule has 0 bridgehead atoms. The number of nitrogens with zero attached hydrogens (tertiary/aromatic N) is 1. The third kappa shape index (κ3) is 9.47. The lowest BCUT2D eigenvalue weighted by Crippen LogP contribution is -2.50. The van der Waals surface area contributed by atoms with Crippen LogP contribution in [0.15, 0.2) is 108 Å². The lowest BCUT2D eigenvalue weighted by atomic mass is 10.0. The van der Waals surface area contributed by atoms with Crippen molar-refractivity contribution in [2.24, 2.45) is 0 Å². The Hall–Kier alpha value is -4.05. The van der Waals surface area contributed by atoms with Gasteiger partial charge < -0.3 is 10.2 Å². The molecule has 1 atom stereocenters. The molecule has 7 nitrogen and oxygen atoms in total. The van der Waals surface area contributed by atoms with Gasteiger partial charge in [-0.25, -0.2) is 17.5 Å². The van der Waals surface area contributed by atoms with E-state index >= 15 is 0 Å². The number of halogens is 2. The molecule has 234 valence electrons. The van der Waals surface area contributed by atoms with E-state index in [2.05, 4.69) is 10.0 Å². The lowest BCUT2D eigenvalue weighted by molar-refractivity contribution is -0.141. The van der Waals surface area contributed by atoms with Crippen LogP contribution in [0, 0.1) is 5.82 Å². The molecule has 0 saturated heterocycles. The summed E-state index contributed by atoms with van der Waals surface area (Å²) in [5, 5.41) is 3.57. The minimum atomic E-state index is -3.58. The summed E-state index contributed by atoms with van der Waals surface area (Å²) in [6.45, 7) is 0.361. The molecule has 1 saturated carbocycles. The van der Waals surface area contributed by atoms with Gasteiger partial charge >= 0.3 is 0 Å². The van der Waals surface area contributed by atoms with E-state index in [0.29, 0.717) is 17.0 Å². The molecule has 45 heavy (non-hydrogen) atoms. The number of carbonyl (C=O) groups is 2. The number of amides is 2. The molecular formula is C35H35ClFN3O4S. The number of aryl methyl sites for hydroxylation is 1. The number of hydrogen-bond donors (Lipinski definition) is 2. The Bertz CT molecular complexity index is 1700. The molecular weight excluding hydrogens is 613 g/mol. The smallest absolute Gasteiger partial charge is 0.243 e. The predicted octanol–water partition coefficient (Wildman–Crippen LogP) is 5.81. The fourth-order valence-corrected chi connectivity index (χ4v) is 6.40. The monoisotopic (exact) mass is 647 g/mol. The zero-order chi connectivity index (χ0) is 31.8. The molecule has 1 aliphatic carbocycles. The van der Waals surface area contributed by atoms with Crippen molar-refractivity contribution >= 4 is 33.4 Å². The van der Waals surface area contributed by atoms with Gasteiger partial charge in [0, 0.05) is 37.0 Å². The number of hydrogen-bond acceptors (Lipinski definition) is 4. The maximum atomic E-state index is 13.9. The normalized spacial score (nSPS) is 13.6. The molecule has 5 rings (SSSR count). The van der Waals surface area contributed by atoms with Gasteiger partial charge in [0.25, 0.3) is 0 Å². The third-order valence-electron chi connectivity index (χ3n) is 7.68. The summed E-state index contributed by atoms with van der Waals surface area (Å²) in [7, 11) is -3.58. The standard InChI is InChI=1S/C35H35ClFN3O4S/c36-29-13-6-27(7-14-29)23-38-35(42)33(22-26-4-2-1-3-5-26)40(24-28-8-15-30(37)16-9-28)34(41)21-12-25-10-19-32(20-11-25)45(43,44)39-31-17-18-31/h1-11,13-16,19-20,31,33,39H,12,17-18,21-24H2,(H,38,42)/t33-/m1/s1. The van der Waals surface area contributed by atoms with Gasteiger partial charge in [-0.05, 0) is 77.9 Å². The molecule has 0 radical (unpaired) electrons. The van der Waals surface area contributed by atoms with E-state index in [1.165, 1.54) is 12.1 Å². The van der Waals surface area contributed by atoms with Crippen LogP contribution in [0.5, 0.6) is 0 Å². The van der Waals surface area contributed by atoms with Crippen LogP contribution in [0.1, 0.15) is 41.5 Å². The minimum Gasteiger partial charge on any atom is -0.350 e. The number of benzene rings is 4. The van der Waals surface area contributed by atoms with Crippen LogP contribution in [-0.2, 0) is 45.5 Å². The van der Waals surface area contributed by atoms with Crippen LogP contribution in [0.3, 0.4) is 0 Å². The van der Waals surface area contributed by atoms with Crippen molar-refractivity contribution in [3.63, 3.8) is 0 Å². The average molecular weight is 648 g/mol. The predicted molar refractivity (Wildman–Crippen MR) is 172 cm³/mol. The molecule has 0 spiro atoms. The van der Waals surface area contributed by atoms with E-state index in [-0.39, 0.29) is 48.7 Å². The maximum Gasteiger partial charge on any atom is 0.243 e. The van der Waals surface area contributed by atoms with Crippen LogP contribution in [0.2, 0.25) is 5.02 Å². The number of sulfonamides is 1. The van der Waals surface area contributed by atoms with Gasteiger partial charge in [0.2, 0.25) is 21.8 Å². The summed E-state index contributed by atoms with van der Waals surface area (Å²) in [5.41, 5.74) is 3.23. The fraction of sp³-hybridized carbons (Fsp3) is 0.257. The lowest BCUT2D eigenvalue weighted by Gasteiger charge is -2.32.